The van der Waals surface area contributed by atoms with Crippen molar-refractivity contribution in [3.63, 3.8) is 0 Å². The van der Waals surface area contributed by atoms with Crippen molar-refractivity contribution in [2.24, 2.45) is 23.7 Å². The van der Waals surface area contributed by atoms with Gasteiger partial charge < -0.3 is 14.8 Å². The monoisotopic (exact) mass is 421 g/mol. The molecule has 1 unspecified atom stereocenters. The van der Waals surface area contributed by atoms with Gasteiger partial charge in [0.05, 0.1) is 7.11 Å². The molecule has 0 heterocycles. The van der Waals surface area contributed by atoms with Gasteiger partial charge in [-0.1, -0.05) is 42.5 Å². The van der Waals surface area contributed by atoms with Crippen LogP contribution < -0.4 is 5.32 Å². The highest BCUT2D eigenvalue weighted by Crippen LogP contribution is 2.54. The lowest BCUT2D eigenvalue weighted by molar-refractivity contribution is -0.148. The van der Waals surface area contributed by atoms with E-state index < -0.39 is 17.6 Å². The van der Waals surface area contributed by atoms with E-state index in [0.29, 0.717) is 18.3 Å². The normalized spacial score (nSPS) is 30.6. The predicted molar refractivity (Wildman–Crippen MR) is 119 cm³/mol. The molecule has 2 aromatic rings. The molecule has 1 N–H and O–H groups in total. The number of nitrogens with one attached hydrogen (secondary N) is 1. The minimum absolute atomic E-state index is 0.0182. The van der Waals surface area contributed by atoms with Crippen LogP contribution in [0.2, 0.25) is 0 Å². The summed E-state index contributed by atoms with van der Waals surface area (Å²) in [6, 6.07) is 14.2. The van der Waals surface area contributed by atoms with Crippen LogP contribution in [0.15, 0.2) is 42.5 Å². The smallest absolute Gasteiger partial charge is 0.408 e. The first-order chi connectivity index (χ1) is 14.9. The number of benzene rings is 2. The van der Waals surface area contributed by atoms with Crippen LogP contribution in [-0.4, -0.2) is 30.8 Å². The van der Waals surface area contributed by atoms with Gasteiger partial charge in [-0.2, -0.15) is 0 Å². The molecule has 31 heavy (non-hydrogen) atoms. The topological polar surface area (TPSA) is 64.6 Å². The Bertz CT molecular complexity index is 974. The van der Waals surface area contributed by atoms with E-state index in [4.69, 9.17) is 9.47 Å². The number of methoxy groups -OCH3 is 1. The van der Waals surface area contributed by atoms with E-state index in [-0.39, 0.29) is 6.10 Å². The summed E-state index contributed by atoms with van der Waals surface area (Å²) in [7, 11) is 1.35. The number of fused-ring (bicyclic) bond motifs is 1. The Kier molecular flexibility index (Phi) is 5.15. The third-order valence-corrected chi connectivity index (χ3v) is 7.77. The second-order valence-electron chi connectivity index (χ2n) is 10.1. The van der Waals surface area contributed by atoms with Gasteiger partial charge in [0.2, 0.25) is 0 Å². The van der Waals surface area contributed by atoms with E-state index in [0.717, 1.165) is 28.2 Å². The number of alkyl carbamates (subject to hydrolysis) is 1. The van der Waals surface area contributed by atoms with Crippen LogP contribution in [0.1, 0.15) is 44.6 Å². The van der Waals surface area contributed by atoms with Crippen LogP contribution in [0.5, 0.6) is 0 Å². The largest absolute Gasteiger partial charge is 0.467 e. The Morgan fingerprint density at radius 1 is 0.968 bits per heavy atom. The van der Waals surface area contributed by atoms with Gasteiger partial charge in [0.1, 0.15) is 11.6 Å². The number of ether oxygens (including phenoxy) is 2. The first-order valence-corrected chi connectivity index (χ1v) is 11.5. The number of amides is 1. The fourth-order valence-corrected chi connectivity index (χ4v) is 6.60. The first-order valence-electron chi connectivity index (χ1n) is 11.5. The SMILES string of the molecule is COC(=O)C(C)(Cc1ccc2ccccc2c1)NC(=O)OC1C2CC3CC(C2)CC1C3. The zero-order valence-electron chi connectivity index (χ0n) is 18.3. The molecule has 1 atom stereocenters. The molecule has 2 aromatic carbocycles. The zero-order chi connectivity index (χ0) is 21.6. The van der Waals surface area contributed by atoms with Crippen molar-refractivity contribution >= 4 is 22.8 Å². The van der Waals surface area contributed by atoms with E-state index in [1.54, 1.807) is 6.92 Å². The van der Waals surface area contributed by atoms with Gasteiger partial charge in [-0.25, -0.2) is 9.59 Å². The number of hydrogen-bond donors (Lipinski definition) is 1. The first kappa shape index (κ1) is 20.3. The summed E-state index contributed by atoms with van der Waals surface area (Å²) >= 11 is 0. The predicted octanol–water partition coefficient (Wildman–Crippen LogP) is 4.86. The van der Waals surface area contributed by atoms with Crippen LogP contribution in [0.4, 0.5) is 4.79 Å². The van der Waals surface area contributed by atoms with Crippen molar-refractivity contribution in [1.82, 2.24) is 5.32 Å². The standard InChI is InChI=1S/C26H31NO4/c1-26(24(28)30-2,15-16-7-8-19-5-3-4-6-20(19)10-16)27-25(29)31-23-21-11-17-9-18(13-21)14-22(23)12-17/h3-8,10,17-18,21-23H,9,11-15H2,1-2H3,(H,27,29). The summed E-state index contributed by atoms with van der Waals surface area (Å²) in [5.74, 6) is 2.12. The molecule has 1 amide bonds. The van der Waals surface area contributed by atoms with Crippen molar-refractivity contribution in [1.29, 1.82) is 0 Å². The van der Waals surface area contributed by atoms with Crippen molar-refractivity contribution in [3.8, 4) is 0 Å². The summed E-state index contributed by atoms with van der Waals surface area (Å²) in [4.78, 5) is 25.6. The van der Waals surface area contributed by atoms with Crippen LogP contribution in [0.25, 0.3) is 10.8 Å². The summed E-state index contributed by atoms with van der Waals surface area (Å²) in [5.41, 5.74) is -0.234. The molecule has 0 saturated heterocycles. The van der Waals surface area contributed by atoms with E-state index in [9.17, 15) is 9.59 Å². The third kappa shape index (κ3) is 3.90. The molecule has 0 aromatic heterocycles. The van der Waals surface area contributed by atoms with E-state index in [1.807, 2.05) is 30.3 Å². The van der Waals surface area contributed by atoms with Crippen LogP contribution in [0, 0.1) is 23.7 Å². The molecule has 0 radical (unpaired) electrons. The van der Waals surface area contributed by atoms with Gasteiger partial charge in [0.25, 0.3) is 0 Å². The number of hydrogen-bond acceptors (Lipinski definition) is 4. The second-order valence-corrected chi connectivity index (χ2v) is 10.1. The average Bonchev–Trinajstić information content (AvgIpc) is 2.75. The number of carbonyl (C=O) groups excluding carboxylic acids is 2. The Hall–Kier alpha value is -2.56. The minimum atomic E-state index is -1.19. The Balaban J connectivity index is 1.31. The van der Waals surface area contributed by atoms with Crippen LogP contribution in [0.3, 0.4) is 0 Å². The van der Waals surface area contributed by atoms with Crippen molar-refractivity contribution in [2.45, 2.75) is 57.1 Å². The summed E-state index contributed by atoms with van der Waals surface area (Å²) in [6.07, 6.45) is 5.88. The molecule has 0 spiro atoms. The molecule has 4 fully saturated rings. The Morgan fingerprint density at radius 2 is 1.61 bits per heavy atom. The van der Waals surface area contributed by atoms with Gasteiger partial charge in [-0.15, -0.1) is 0 Å². The number of esters is 1. The van der Waals surface area contributed by atoms with E-state index in [1.165, 1.54) is 39.2 Å². The van der Waals surface area contributed by atoms with Crippen LogP contribution >= 0.6 is 0 Å². The Labute approximate surface area is 183 Å². The Morgan fingerprint density at radius 3 is 2.26 bits per heavy atom. The second kappa shape index (κ2) is 7.85. The summed E-state index contributed by atoms with van der Waals surface area (Å²) in [6.45, 7) is 1.71. The number of rotatable bonds is 5. The quantitative estimate of drug-likeness (QED) is 0.700. The summed E-state index contributed by atoms with van der Waals surface area (Å²) < 4.78 is 11.0. The van der Waals surface area contributed by atoms with E-state index in [2.05, 4.69) is 17.4 Å². The highest BCUT2D eigenvalue weighted by Gasteiger charge is 2.50. The molecular weight excluding hydrogens is 390 g/mol. The van der Waals surface area contributed by atoms with Crippen LogP contribution in [-0.2, 0) is 20.7 Å². The maximum Gasteiger partial charge on any atom is 0.408 e. The lowest BCUT2D eigenvalue weighted by Crippen LogP contribution is -2.57. The molecule has 4 bridgehead atoms. The highest BCUT2D eigenvalue weighted by atomic mass is 16.6. The molecule has 4 aliphatic rings. The lowest BCUT2D eigenvalue weighted by atomic mass is 9.55. The molecule has 164 valence electrons. The van der Waals surface area contributed by atoms with Gasteiger partial charge in [0.15, 0.2) is 0 Å². The fourth-order valence-electron chi connectivity index (χ4n) is 6.60. The van der Waals surface area contributed by atoms with Crippen molar-refractivity contribution < 1.29 is 19.1 Å². The maximum atomic E-state index is 12.9. The highest BCUT2D eigenvalue weighted by molar-refractivity contribution is 5.87. The minimum Gasteiger partial charge on any atom is -0.467 e. The molecular formula is C26H31NO4. The van der Waals surface area contributed by atoms with Crippen molar-refractivity contribution in [3.05, 3.63) is 48.0 Å². The number of carbonyl (C=O) groups is 2. The molecule has 6 rings (SSSR count). The molecule has 5 heteroatoms. The fraction of sp³-hybridized carbons (Fsp3) is 0.538. The third-order valence-electron chi connectivity index (χ3n) is 7.77. The zero-order valence-corrected chi connectivity index (χ0v) is 18.3. The van der Waals surface area contributed by atoms with Crippen molar-refractivity contribution in [2.75, 3.05) is 7.11 Å². The maximum absolute atomic E-state index is 12.9. The summed E-state index contributed by atoms with van der Waals surface area (Å²) in [5, 5.41) is 5.10. The van der Waals surface area contributed by atoms with Gasteiger partial charge >= 0.3 is 12.1 Å². The van der Waals surface area contributed by atoms with Gasteiger partial charge in [-0.05, 0) is 79.0 Å². The average molecular weight is 422 g/mol. The molecule has 5 nitrogen and oxygen atoms in total. The van der Waals surface area contributed by atoms with Gasteiger partial charge in [0, 0.05) is 6.42 Å². The molecule has 4 aliphatic carbocycles. The molecule has 0 aliphatic heterocycles. The van der Waals surface area contributed by atoms with E-state index >= 15 is 0 Å². The van der Waals surface area contributed by atoms with Gasteiger partial charge in [-0.3, -0.25) is 0 Å². The lowest BCUT2D eigenvalue weighted by Gasteiger charge is -2.53. The molecule has 4 saturated carbocycles.